The summed E-state index contributed by atoms with van der Waals surface area (Å²) in [5.41, 5.74) is 2.80. The van der Waals surface area contributed by atoms with E-state index in [0.717, 1.165) is 16.5 Å². The molecule has 3 heterocycles. The largest absolute Gasteiger partial charge is 0.359 e. The van der Waals surface area contributed by atoms with E-state index >= 15 is 0 Å². The summed E-state index contributed by atoms with van der Waals surface area (Å²) in [6, 6.07) is 5.21. The van der Waals surface area contributed by atoms with Crippen LogP contribution in [0.15, 0.2) is 35.6 Å². The summed E-state index contributed by atoms with van der Waals surface area (Å²) in [4.78, 5) is 23.1. The number of rotatable bonds is 4. The number of alkyl halides is 2. The quantitative estimate of drug-likeness (QED) is 0.663. The second kappa shape index (κ2) is 6.05. The molecule has 1 unspecified atom stereocenters. The van der Waals surface area contributed by atoms with Crippen LogP contribution in [0.5, 0.6) is 0 Å². The van der Waals surface area contributed by atoms with Gasteiger partial charge in [0.1, 0.15) is 5.82 Å². The molecule has 1 saturated carbocycles. The molecule has 5 nitrogen and oxygen atoms in total. The minimum atomic E-state index is -2.63. The molecule has 134 valence electrons. The Labute approximate surface area is 152 Å². The second-order valence-electron chi connectivity index (χ2n) is 6.34. The van der Waals surface area contributed by atoms with E-state index in [1.807, 2.05) is 6.26 Å². The first-order valence-corrected chi connectivity index (χ1v) is 9.29. The summed E-state index contributed by atoms with van der Waals surface area (Å²) in [6.45, 7) is 1.41. The van der Waals surface area contributed by atoms with Gasteiger partial charge in [0.25, 0.3) is 5.92 Å². The normalized spacial score (nSPS) is 18.1. The van der Waals surface area contributed by atoms with Crippen LogP contribution in [-0.2, 0) is 4.79 Å². The average Bonchev–Trinajstić information content (AvgIpc) is 3.04. The van der Waals surface area contributed by atoms with Gasteiger partial charge in [-0.15, -0.1) is 11.8 Å². The van der Waals surface area contributed by atoms with E-state index in [1.165, 1.54) is 18.7 Å². The molecule has 3 aromatic heterocycles. The summed E-state index contributed by atoms with van der Waals surface area (Å²) in [5.74, 6) is -3.15. The molecule has 1 amide bonds. The molecule has 8 heteroatoms. The third-order valence-electron chi connectivity index (χ3n) is 4.41. The van der Waals surface area contributed by atoms with Gasteiger partial charge in [-0.1, -0.05) is 0 Å². The fourth-order valence-electron chi connectivity index (χ4n) is 3.03. The maximum atomic E-state index is 13.5. The molecule has 0 aliphatic heterocycles. The van der Waals surface area contributed by atoms with Gasteiger partial charge in [0.15, 0.2) is 0 Å². The van der Waals surface area contributed by atoms with Gasteiger partial charge in [-0.2, -0.15) is 0 Å². The van der Waals surface area contributed by atoms with E-state index in [0.29, 0.717) is 22.1 Å². The molecule has 0 bridgehead atoms. The molecule has 1 aliphatic carbocycles. The number of aromatic amines is 1. The number of nitrogens with zero attached hydrogens (tertiary/aromatic N) is 2. The minimum Gasteiger partial charge on any atom is -0.359 e. The summed E-state index contributed by atoms with van der Waals surface area (Å²) in [7, 11) is 0. The number of amides is 1. The molecule has 1 fully saturated rings. The zero-order chi connectivity index (χ0) is 18.5. The van der Waals surface area contributed by atoms with Crippen LogP contribution in [0.2, 0.25) is 0 Å². The van der Waals surface area contributed by atoms with Crippen molar-refractivity contribution in [3.8, 4) is 11.3 Å². The number of fused-ring (bicyclic) bond motifs is 1. The van der Waals surface area contributed by atoms with Crippen molar-refractivity contribution in [2.24, 2.45) is 0 Å². The topological polar surface area (TPSA) is 70.7 Å². The first-order chi connectivity index (χ1) is 12.4. The smallest absolute Gasteiger partial charge is 0.255 e. The van der Waals surface area contributed by atoms with Gasteiger partial charge in [0, 0.05) is 30.5 Å². The van der Waals surface area contributed by atoms with Gasteiger partial charge in [-0.25, -0.2) is 18.7 Å². The number of hydrogen-bond acceptors (Lipinski definition) is 4. The standard InChI is InChI=1S/C18H16F2N4OS/c1-9(25)23-16-5-11-12(7-21-15(11)8-22-16)14-3-10(4-17(24-14)26-2)13-6-18(13,19)20/h3-5,7-8,13,21H,6H2,1-2H3,(H,22,23,25). The van der Waals surface area contributed by atoms with Crippen LogP contribution in [-0.4, -0.2) is 33.0 Å². The first kappa shape index (κ1) is 17.0. The average molecular weight is 374 g/mol. The minimum absolute atomic E-state index is 0.116. The lowest BCUT2D eigenvalue weighted by molar-refractivity contribution is -0.114. The summed E-state index contributed by atoms with van der Waals surface area (Å²) >= 11 is 1.42. The fraction of sp³-hybridized carbons (Fsp3) is 0.278. The highest BCUT2D eigenvalue weighted by Gasteiger charge is 2.57. The van der Waals surface area contributed by atoms with Crippen molar-refractivity contribution in [2.75, 3.05) is 11.6 Å². The third-order valence-corrected chi connectivity index (χ3v) is 5.04. The molecule has 0 spiro atoms. The number of nitrogens with one attached hydrogen (secondary N) is 2. The zero-order valence-electron chi connectivity index (χ0n) is 14.1. The number of carbonyl (C=O) groups excluding carboxylic acids is 1. The lowest BCUT2D eigenvalue weighted by atomic mass is 10.1. The third kappa shape index (κ3) is 3.05. The molecular formula is C18H16F2N4OS. The second-order valence-corrected chi connectivity index (χ2v) is 7.17. The Morgan fingerprint density at radius 3 is 2.81 bits per heavy atom. The van der Waals surface area contributed by atoms with Crippen molar-refractivity contribution >= 4 is 34.4 Å². The molecule has 2 N–H and O–H groups in total. The van der Waals surface area contributed by atoms with Crippen LogP contribution in [0, 0.1) is 0 Å². The van der Waals surface area contributed by atoms with Gasteiger partial charge in [-0.05, 0) is 30.0 Å². The number of anilines is 1. The Balaban J connectivity index is 1.81. The highest BCUT2D eigenvalue weighted by molar-refractivity contribution is 7.98. The molecule has 1 aliphatic rings. The number of hydrogen-bond donors (Lipinski definition) is 2. The Morgan fingerprint density at radius 2 is 2.15 bits per heavy atom. The number of halogens is 2. The maximum Gasteiger partial charge on any atom is 0.255 e. The van der Waals surface area contributed by atoms with Crippen LogP contribution in [0.4, 0.5) is 14.6 Å². The maximum absolute atomic E-state index is 13.5. The highest BCUT2D eigenvalue weighted by Crippen LogP contribution is 2.56. The monoisotopic (exact) mass is 374 g/mol. The SMILES string of the molecule is CSc1cc(C2CC2(F)F)cc(-c2c[nH]c3cnc(NC(C)=O)cc23)n1. The van der Waals surface area contributed by atoms with Crippen molar-refractivity contribution in [3.63, 3.8) is 0 Å². The highest BCUT2D eigenvalue weighted by atomic mass is 32.2. The van der Waals surface area contributed by atoms with Crippen molar-refractivity contribution in [1.82, 2.24) is 15.0 Å². The molecule has 0 saturated heterocycles. The molecule has 26 heavy (non-hydrogen) atoms. The van der Waals surface area contributed by atoms with Crippen LogP contribution >= 0.6 is 11.8 Å². The van der Waals surface area contributed by atoms with Gasteiger partial charge in [0.2, 0.25) is 5.91 Å². The van der Waals surface area contributed by atoms with Crippen LogP contribution in [0.1, 0.15) is 24.8 Å². The first-order valence-electron chi connectivity index (χ1n) is 8.06. The zero-order valence-corrected chi connectivity index (χ0v) is 15.0. The summed E-state index contributed by atoms with van der Waals surface area (Å²) < 4.78 is 27.1. The van der Waals surface area contributed by atoms with E-state index < -0.39 is 11.8 Å². The van der Waals surface area contributed by atoms with Crippen LogP contribution in [0.25, 0.3) is 22.2 Å². The number of pyridine rings is 2. The number of aromatic nitrogens is 3. The van der Waals surface area contributed by atoms with E-state index in [1.54, 1.807) is 30.6 Å². The van der Waals surface area contributed by atoms with E-state index in [-0.39, 0.29) is 12.3 Å². The van der Waals surface area contributed by atoms with Crippen molar-refractivity contribution in [2.45, 2.75) is 30.2 Å². The predicted octanol–water partition coefficient (Wildman–Crippen LogP) is 4.43. The Morgan fingerprint density at radius 1 is 1.38 bits per heavy atom. The van der Waals surface area contributed by atoms with Crippen LogP contribution < -0.4 is 5.32 Å². The van der Waals surface area contributed by atoms with Crippen LogP contribution in [0.3, 0.4) is 0 Å². The Bertz CT molecular complexity index is 1020. The van der Waals surface area contributed by atoms with E-state index in [9.17, 15) is 13.6 Å². The van der Waals surface area contributed by atoms with E-state index in [4.69, 9.17) is 0 Å². The predicted molar refractivity (Wildman–Crippen MR) is 97.7 cm³/mol. The number of carbonyl (C=O) groups is 1. The van der Waals surface area contributed by atoms with Gasteiger partial charge < -0.3 is 10.3 Å². The van der Waals surface area contributed by atoms with Gasteiger partial charge in [0.05, 0.1) is 28.4 Å². The lowest BCUT2D eigenvalue weighted by Crippen LogP contribution is -2.06. The van der Waals surface area contributed by atoms with Crippen molar-refractivity contribution in [1.29, 1.82) is 0 Å². The molecule has 3 aromatic rings. The molecule has 0 aromatic carbocycles. The molecule has 1 atom stereocenters. The molecular weight excluding hydrogens is 358 g/mol. The summed E-state index contributed by atoms with van der Waals surface area (Å²) in [5, 5.41) is 4.17. The molecule has 0 radical (unpaired) electrons. The lowest BCUT2D eigenvalue weighted by Gasteiger charge is -2.08. The van der Waals surface area contributed by atoms with Crippen molar-refractivity contribution < 1.29 is 13.6 Å². The van der Waals surface area contributed by atoms with Gasteiger partial charge >= 0.3 is 0 Å². The fourth-order valence-corrected chi connectivity index (χ4v) is 3.47. The number of H-pyrrole nitrogens is 1. The summed E-state index contributed by atoms with van der Waals surface area (Å²) in [6.07, 6.45) is 5.16. The Kier molecular flexibility index (Phi) is 3.95. The Hall–Kier alpha value is -2.48. The van der Waals surface area contributed by atoms with Crippen molar-refractivity contribution in [3.05, 3.63) is 36.2 Å². The van der Waals surface area contributed by atoms with Gasteiger partial charge in [-0.3, -0.25) is 4.79 Å². The number of thioether (sulfide) groups is 1. The van der Waals surface area contributed by atoms with E-state index in [2.05, 4.69) is 20.3 Å². The molecule has 4 rings (SSSR count).